The van der Waals surface area contributed by atoms with Crippen molar-refractivity contribution in [2.45, 2.75) is 11.9 Å². The first-order chi connectivity index (χ1) is 12.0. The first-order valence-corrected chi connectivity index (χ1v) is 8.64. The Morgan fingerprint density at radius 3 is 2.38 bits per heavy atom. The highest BCUT2D eigenvalue weighted by Crippen LogP contribution is 2.30. The number of morpholine rings is 1. The van der Waals surface area contributed by atoms with Gasteiger partial charge in [0.25, 0.3) is 0 Å². The Labute approximate surface area is 146 Å². The van der Waals surface area contributed by atoms with E-state index in [0.29, 0.717) is 32.4 Å². The summed E-state index contributed by atoms with van der Waals surface area (Å²) in [4.78, 5) is 25.5. The number of hydrogen-bond acceptors (Lipinski definition) is 7. The molecule has 0 radical (unpaired) electrons. The number of benzene rings is 1. The molecule has 1 aromatic rings. The van der Waals surface area contributed by atoms with Gasteiger partial charge in [-0.15, -0.1) is 0 Å². The predicted molar refractivity (Wildman–Crippen MR) is 80.1 cm³/mol. The number of phenolic OH excluding ortho intramolecular Hbond substituents is 1. The van der Waals surface area contributed by atoms with Crippen LogP contribution in [0.1, 0.15) is 16.8 Å². The molecule has 2 rings (SSSR count). The summed E-state index contributed by atoms with van der Waals surface area (Å²) in [6.07, 6.45) is -0.561. The maximum Gasteiger partial charge on any atom is 0.534 e. The van der Waals surface area contributed by atoms with Crippen molar-refractivity contribution in [3.63, 3.8) is 0 Å². The molecule has 1 aromatic carbocycles. The largest absolute Gasteiger partial charge is 0.534 e. The fourth-order valence-corrected chi connectivity index (χ4v) is 2.58. The van der Waals surface area contributed by atoms with Gasteiger partial charge in [0.2, 0.25) is 5.91 Å². The molecule has 1 fully saturated rings. The second-order valence-corrected chi connectivity index (χ2v) is 6.79. The highest BCUT2D eigenvalue weighted by molar-refractivity contribution is 7.88. The number of rotatable bonds is 5. The monoisotopic (exact) mass is 397 g/mol. The number of Topliss-reactive ketones (excluding diaryl/α,β-unsaturated/α-hetero) is 1. The molecule has 1 N–H and O–H groups in total. The van der Waals surface area contributed by atoms with Crippen molar-refractivity contribution in [2.75, 3.05) is 26.3 Å². The molecule has 0 saturated carbocycles. The van der Waals surface area contributed by atoms with Crippen molar-refractivity contribution in [3.8, 4) is 11.5 Å². The van der Waals surface area contributed by atoms with E-state index in [4.69, 9.17) is 4.74 Å². The first kappa shape index (κ1) is 20.0. The number of nitrogens with zero attached hydrogens (tertiary/aromatic N) is 1. The van der Waals surface area contributed by atoms with Gasteiger partial charge in [-0.05, 0) is 12.1 Å². The van der Waals surface area contributed by atoms with Gasteiger partial charge in [-0.3, -0.25) is 9.59 Å². The number of halogens is 3. The molecule has 26 heavy (non-hydrogen) atoms. The Hall–Kier alpha value is -2.34. The molecule has 8 nitrogen and oxygen atoms in total. The molecule has 0 bridgehead atoms. The summed E-state index contributed by atoms with van der Waals surface area (Å²) in [5.74, 6) is -2.89. The van der Waals surface area contributed by atoms with Crippen molar-refractivity contribution < 1.29 is 45.2 Å². The molecule has 0 aliphatic carbocycles. The molecule has 0 aromatic heterocycles. The second kappa shape index (κ2) is 7.50. The summed E-state index contributed by atoms with van der Waals surface area (Å²) in [7, 11) is -5.90. The maximum atomic E-state index is 12.3. The lowest BCUT2D eigenvalue weighted by molar-refractivity contribution is -0.134. The van der Waals surface area contributed by atoms with Crippen LogP contribution in [0.4, 0.5) is 13.2 Å². The van der Waals surface area contributed by atoms with Gasteiger partial charge in [0.05, 0.1) is 25.2 Å². The van der Waals surface area contributed by atoms with Gasteiger partial charge in [-0.25, -0.2) is 0 Å². The van der Waals surface area contributed by atoms with E-state index in [1.165, 1.54) is 4.90 Å². The predicted octanol–water partition coefficient (Wildman–Crippen LogP) is 1.05. The molecular weight excluding hydrogens is 383 g/mol. The Kier molecular flexibility index (Phi) is 5.76. The quantitative estimate of drug-likeness (QED) is 0.342. The Morgan fingerprint density at radius 1 is 1.23 bits per heavy atom. The van der Waals surface area contributed by atoms with Gasteiger partial charge in [0.15, 0.2) is 5.78 Å². The lowest BCUT2D eigenvalue weighted by atomic mass is 10.1. The molecule has 0 unspecified atom stereocenters. The van der Waals surface area contributed by atoms with Crippen LogP contribution in [0.5, 0.6) is 11.5 Å². The van der Waals surface area contributed by atoms with E-state index in [1.54, 1.807) is 0 Å². The van der Waals surface area contributed by atoms with Crippen LogP contribution < -0.4 is 4.18 Å². The van der Waals surface area contributed by atoms with E-state index in [2.05, 4.69) is 4.18 Å². The number of hydrogen-bond donors (Lipinski definition) is 1. The van der Waals surface area contributed by atoms with E-state index in [-0.39, 0.29) is 5.56 Å². The highest BCUT2D eigenvalue weighted by Gasteiger charge is 2.48. The van der Waals surface area contributed by atoms with Crippen LogP contribution in [-0.4, -0.2) is 61.9 Å². The van der Waals surface area contributed by atoms with Crippen LogP contribution in [0.2, 0.25) is 0 Å². The number of carbonyl (C=O) groups is 2. The van der Waals surface area contributed by atoms with Gasteiger partial charge in [0.1, 0.15) is 11.5 Å². The van der Waals surface area contributed by atoms with Crippen LogP contribution in [0.3, 0.4) is 0 Å². The fraction of sp³-hybridized carbons (Fsp3) is 0.429. The van der Waals surface area contributed by atoms with Gasteiger partial charge in [-0.1, -0.05) is 0 Å². The summed E-state index contributed by atoms with van der Waals surface area (Å²) >= 11 is 0. The highest BCUT2D eigenvalue weighted by atomic mass is 32.2. The smallest absolute Gasteiger partial charge is 0.507 e. The van der Waals surface area contributed by atoms with Gasteiger partial charge < -0.3 is 18.9 Å². The Bertz CT molecular complexity index is 801. The minimum absolute atomic E-state index is 0.320. The van der Waals surface area contributed by atoms with Crippen molar-refractivity contribution in [2.24, 2.45) is 0 Å². The fourth-order valence-electron chi connectivity index (χ4n) is 2.13. The van der Waals surface area contributed by atoms with Crippen LogP contribution in [-0.2, 0) is 19.6 Å². The Balaban J connectivity index is 2.09. The summed E-state index contributed by atoms with van der Waals surface area (Å²) in [6.45, 7) is 1.32. The molecule has 144 valence electrons. The normalized spacial score (nSPS) is 15.6. The molecule has 1 aliphatic heterocycles. The standard InChI is InChI=1S/C14H14F3NO7S/c15-14(16,17)26(22,23)25-9-1-2-10(11(19)7-9)12(20)8-13(21)18-3-5-24-6-4-18/h1-2,7,19H,3-6,8H2. The molecule has 1 saturated heterocycles. The average Bonchev–Trinajstić information content (AvgIpc) is 2.54. The van der Waals surface area contributed by atoms with Gasteiger partial charge in [-0.2, -0.15) is 21.6 Å². The number of ketones is 1. The summed E-state index contributed by atoms with van der Waals surface area (Å²) in [5.41, 5.74) is -5.98. The maximum absolute atomic E-state index is 12.3. The van der Waals surface area contributed by atoms with Crippen molar-refractivity contribution in [1.29, 1.82) is 0 Å². The number of aromatic hydroxyl groups is 1. The zero-order valence-corrected chi connectivity index (χ0v) is 14.0. The average molecular weight is 397 g/mol. The van der Waals surface area contributed by atoms with Crippen LogP contribution >= 0.6 is 0 Å². The van der Waals surface area contributed by atoms with Gasteiger partial charge >= 0.3 is 15.6 Å². The third-order valence-corrected chi connectivity index (χ3v) is 4.41. The molecular formula is C14H14F3NO7S. The zero-order chi connectivity index (χ0) is 19.5. The summed E-state index contributed by atoms with van der Waals surface area (Å²) in [5, 5.41) is 9.76. The number of carbonyl (C=O) groups excluding carboxylic acids is 2. The summed E-state index contributed by atoms with van der Waals surface area (Å²) in [6, 6.07) is 2.21. The van der Waals surface area contributed by atoms with Crippen molar-refractivity contribution in [1.82, 2.24) is 4.90 Å². The topological polar surface area (TPSA) is 110 Å². The minimum Gasteiger partial charge on any atom is -0.507 e. The number of ether oxygens (including phenoxy) is 1. The van der Waals surface area contributed by atoms with Crippen molar-refractivity contribution >= 4 is 21.8 Å². The van der Waals surface area contributed by atoms with Crippen LogP contribution in [0, 0.1) is 0 Å². The molecule has 1 heterocycles. The molecule has 0 spiro atoms. The summed E-state index contributed by atoms with van der Waals surface area (Å²) < 4.78 is 67.6. The van der Waals surface area contributed by atoms with Crippen LogP contribution in [0.15, 0.2) is 18.2 Å². The zero-order valence-electron chi connectivity index (χ0n) is 13.2. The minimum atomic E-state index is -5.90. The molecule has 1 aliphatic rings. The van der Waals surface area contributed by atoms with Crippen molar-refractivity contribution in [3.05, 3.63) is 23.8 Å². The number of phenols is 1. The van der Waals surface area contributed by atoms with E-state index in [9.17, 15) is 36.3 Å². The number of alkyl halides is 3. The lowest BCUT2D eigenvalue weighted by Gasteiger charge is -2.26. The van der Waals surface area contributed by atoms with E-state index >= 15 is 0 Å². The number of amides is 1. The third kappa shape index (κ3) is 4.64. The third-order valence-electron chi connectivity index (χ3n) is 3.43. The molecule has 1 amide bonds. The van der Waals surface area contributed by atoms with Gasteiger partial charge in [0, 0.05) is 19.2 Å². The lowest BCUT2D eigenvalue weighted by Crippen LogP contribution is -2.41. The molecule has 0 atom stereocenters. The first-order valence-electron chi connectivity index (χ1n) is 7.24. The molecule has 12 heteroatoms. The van der Waals surface area contributed by atoms with Crippen LogP contribution in [0.25, 0.3) is 0 Å². The van der Waals surface area contributed by atoms with E-state index in [0.717, 1.165) is 12.1 Å². The van der Waals surface area contributed by atoms with E-state index in [1.807, 2.05) is 0 Å². The van der Waals surface area contributed by atoms with E-state index < -0.39 is 45.2 Å². The second-order valence-electron chi connectivity index (χ2n) is 5.26. The SMILES string of the molecule is O=C(CC(=O)N1CCOCC1)c1ccc(OS(=O)(=O)C(F)(F)F)cc1O. The Morgan fingerprint density at radius 2 is 1.85 bits per heavy atom.